The van der Waals surface area contributed by atoms with Crippen molar-refractivity contribution in [3.8, 4) is 0 Å². The van der Waals surface area contributed by atoms with Crippen LogP contribution in [0.1, 0.15) is 20.3 Å². The van der Waals surface area contributed by atoms with Gasteiger partial charge >= 0.3 is 0 Å². The molecule has 0 aliphatic rings. The Balaban J connectivity index is 3.42. The number of rotatable bonds is 4. The lowest BCUT2D eigenvalue weighted by atomic mass is 10.1. The second-order valence-electron chi connectivity index (χ2n) is 2.66. The molecule has 0 bridgehead atoms. The topological polar surface area (TPSA) is 29.1 Å². The predicted molar refractivity (Wildman–Crippen MR) is 38.4 cm³/mol. The Morgan fingerprint density at radius 1 is 1.56 bits per heavy atom. The molecular formula is C7H15NO. The zero-order chi connectivity index (χ0) is 7.28. The van der Waals surface area contributed by atoms with Gasteiger partial charge in [0.15, 0.2) is 0 Å². The molecular weight excluding hydrogens is 114 g/mol. The molecule has 0 saturated heterocycles. The Hall–Kier alpha value is -0.370. The standard InChI is InChI=1S/C7H15NO/c1-6(2)4-7(5-9)8-3/h5-8H,4H2,1-3H3/t7-/m0/s1. The summed E-state index contributed by atoms with van der Waals surface area (Å²) in [5.41, 5.74) is 0. The lowest BCUT2D eigenvalue weighted by molar-refractivity contribution is -0.109. The average Bonchev–Trinajstić information content (AvgIpc) is 1.82. The van der Waals surface area contributed by atoms with Crippen LogP contribution < -0.4 is 5.32 Å². The van der Waals surface area contributed by atoms with Crippen LogP contribution in [0.15, 0.2) is 0 Å². The van der Waals surface area contributed by atoms with E-state index in [1.807, 2.05) is 0 Å². The number of likely N-dealkylation sites (N-methyl/N-ethyl adjacent to an activating group) is 1. The molecule has 0 aromatic heterocycles. The van der Waals surface area contributed by atoms with E-state index in [2.05, 4.69) is 19.2 Å². The van der Waals surface area contributed by atoms with Gasteiger partial charge in [-0.2, -0.15) is 0 Å². The molecule has 0 heterocycles. The first-order valence-electron chi connectivity index (χ1n) is 3.33. The van der Waals surface area contributed by atoms with Gasteiger partial charge in [0, 0.05) is 0 Å². The second-order valence-corrected chi connectivity index (χ2v) is 2.66. The summed E-state index contributed by atoms with van der Waals surface area (Å²) in [6, 6.07) is 0.0463. The highest BCUT2D eigenvalue weighted by Gasteiger charge is 2.04. The minimum absolute atomic E-state index is 0.0463. The van der Waals surface area contributed by atoms with E-state index < -0.39 is 0 Å². The van der Waals surface area contributed by atoms with Gasteiger partial charge in [0.1, 0.15) is 6.29 Å². The van der Waals surface area contributed by atoms with E-state index in [0.717, 1.165) is 12.7 Å². The van der Waals surface area contributed by atoms with E-state index >= 15 is 0 Å². The molecule has 0 aromatic carbocycles. The lowest BCUT2D eigenvalue weighted by Gasteiger charge is -2.10. The fraction of sp³-hybridized carbons (Fsp3) is 0.857. The number of hydrogen-bond donors (Lipinski definition) is 1. The molecule has 2 nitrogen and oxygen atoms in total. The fourth-order valence-corrected chi connectivity index (χ4v) is 0.749. The van der Waals surface area contributed by atoms with Crippen LogP contribution in [0, 0.1) is 5.92 Å². The van der Waals surface area contributed by atoms with Crippen LogP contribution in [-0.4, -0.2) is 19.4 Å². The smallest absolute Gasteiger partial charge is 0.136 e. The summed E-state index contributed by atoms with van der Waals surface area (Å²) < 4.78 is 0. The lowest BCUT2D eigenvalue weighted by Crippen LogP contribution is -2.27. The van der Waals surface area contributed by atoms with Crippen molar-refractivity contribution in [2.45, 2.75) is 26.3 Å². The van der Waals surface area contributed by atoms with Gasteiger partial charge in [-0.05, 0) is 19.4 Å². The van der Waals surface area contributed by atoms with Gasteiger partial charge in [-0.25, -0.2) is 0 Å². The van der Waals surface area contributed by atoms with Crippen molar-refractivity contribution in [3.05, 3.63) is 0 Å². The quantitative estimate of drug-likeness (QED) is 0.569. The molecule has 0 spiro atoms. The number of hydrogen-bond acceptors (Lipinski definition) is 2. The average molecular weight is 129 g/mol. The van der Waals surface area contributed by atoms with Crippen LogP contribution in [-0.2, 0) is 4.79 Å². The van der Waals surface area contributed by atoms with Crippen molar-refractivity contribution in [2.24, 2.45) is 5.92 Å². The van der Waals surface area contributed by atoms with E-state index in [-0.39, 0.29) is 6.04 Å². The van der Waals surface area contributed by atoms with Crippen LogP contribution in [0.3, 0.4) is 0 Å². The summed E-state index contributed by atoms with van der Waals surface area (Å²) in [4.78, 5) is 10.2. The molecule has 54 valence electrons. The SMILES string of the molecule is CN[C@H](C=O)CC(C)C. The number of carbonyl (C=O) groups is 1. The van der Waals surface area contributed by atoms with E-state index in [1.54, 1.807) is 7.05 Å². The monoisotopic (exact) mass is 129 g/mol. The summed E-state index contributed by atoms with van der Waals surface area (Å²) in [7, 11) is 1.81. The molecule has 1 atom stereocenters. The summed E-state index contributed by atoms with van der Waals surface area (Å²) in [5.74, 6) is 0.590. The van der Waals surface area contributed by atoms with E-state index in [1.165, 1.54) is 0 Å². The van der Waals surface area contributed by atoms with Crippen molar-refractivity contribution in [1.29, 1.82) is 0 Å². The van der Waals surface area contributed by atoms with Crippen molar-refractivity contribution >= 4 is 6.29 Å². The molecule has 0 fully saturated rings. The normalized spacial score (nSPS) is 13.8. The molecule has 0 radical (unpaired) electrons. The Morgan fingerprint density at radius 3 is 2.22 bits per heavy atom. The number of nitrogens with one attached hydrogen (secondary N) is 1. The highest BCUT2D eigenvalue weighted by atomic mass is 16.1. The first kappa shape index (κ1) is 8.63. The molecule has 0 aromatic rings. The molecule has 0 aliphatic carbocycles. The third kappa shape index (κ3) is 4.15. The van der Waals surface area contributed by atoms with Crippen molar-refractivity contribution in [3.63, 3.8) is 0 Å². The van der Waals surface area contributed by atoms with Crippen molar-refractivity contribution in [2.75, 3.05) is 7.05 Å². The maximum Gasteiger partial charge on any atom is 0.136 e. The van der Waals surface area contributed by atoms with Gasteiger partial charge < -0.3 is 10.1 Å². The minimum atomic E-state index is 0.0463. The van der Waals surface area contributed by atoms with E-state index in [4.69, 9.17) is 0 Å². The van der Waals surface area contributed by atoms with Crippen LogP contribution in [0.2, 0.25) is 0 Å². The molecule has 2 heteroatoms. The molecule has 0 amide bonds. The Morgan fingerprint density at radius 2 is 2.11 bits per heavy atom. The first-order chi connectivity index (χ1) is 4.20. The first-order valence-corrected chi connectivity index (χ1v) is 3.33. The molecule has 0 aliphatic heterocycles. The van der Waals surface area contributed by atoms with Crippen LogP contribution in [0.5, 0.6) is 0 Å². The summed E-state index contributed by atoms with van der Waals surface area (Å²) in [6.07, 6.45) is 1.89. The minimum Gasteiger partial charge on any atom is -0.311 e. The third-order valence-electron chi connectivity index (χ3n) is 1.26. The van der Waals surface area contributed by atoms with Gasteiger partial charge in [-0.15, -0.1) is 0 Å². The fourth-order valence-electron chi connectivity index (χ4n) is 0.749. The Kier molecular flexibility index (Phi) is 4.32. The highest BCUT2D eigenvalue weighted by Crippen LogP contribution is 2.01. The maximum atomic E-state index is 10.2. The molecule has 1 N–H and O–H groups in total. The number of aldehydes is 1. The highest BCUT2D eigenvalue weighted by molar-refractivity contribution is 5.57. The Labute approximate surface area is 56.6 Å². The predicted octanol–water partition coefficient (Wildman–Crippen LogP) is 0.819. The molecule has 0 saturated carbocycles. The number of carbonyl (C=O) groups excluding carboxylic acids is 1. The summed E-state index contributed by atoms with van der Waals surface area (Å²) >= 11 is 0. The van der Waals surface area contributed by atoms with Crippen LogP contribution in [0.25, 0.3) is 0 Å². The molecule has 9 heavy (non-hydrogen) atoms. The zero-order valence-corrected chi connectivity index (χ0v) is 6.35. The van der Waals surface area contributed by atoms with Gasteiger partial charge in [-0.3, -0.25) is 0 Å². The van der Waals surface area contributed by atoms with Gasteiger partial charge in [0.25, 0.3) is 0 Å². The van der Waals surface area contributed by atoms with Gasteiger partial charge in [0.05, 0.1) is 6.04 Å². The molecule has 0 rings (SSSR count). The van der Waals surface area contributed by atoms with E-state index in [9.17, 15) is 4.79 Å². The summed E-state index contributed by atoms with van der Waals surface area (Å²) in [6.45, 7) is 4.21. The Bertz CT molecular complexity index is 81.0. The maximum absolute atomic E-state index is 10.2. The van der Waals surface area contributed by atoms with Crippen molar-refractivity contribution < 1.29 is 4.79 Å². The zero-order valence-electron chi connectivity index (χ0n) is 6.35. The van der Waals surface area contributed by atoms with Crippen molar-refractivity contribution in [1.82, 2.24) is 5.32 Å². The van der Waals surface area contributed by atoms with E-state index in [0.29, 0.717) is 5.92 Å². The second kappa shape index (κ2) is 4.50. The van der Waals surface area contributed by atoms with Crippen LogP contribution >= 0.6 is 0 Å². The van der Waals surface area contributed by atoms with Gasteiger partial charge in [-0.1, -0.05) is 13.8 Å². The van der Waals surface area contributed by atoms with Gasteiger partial charge in [0.2, 0.25) is 0 Å². The molecule has 0 unspecified atom stereocenters. The van der Waals surface area contributed by atoms with Crippen LogP contribution in [0.4, 0.5) is 0 Å². The third-order valence-corrected chi connectivity index (χ3v) is 1.26. The summed E-state index contributed by atoms with van der Waals surface area (Å²) in [5, 5.41) is 2.92. The largest absolute Gasteiger partial charge is 0.311 e.